The van der Waals surface area contributed by atoms with E-state index >= 15 is 0 Å². The predicted molar refractivity (Wildman–Crippen MR) is 84.0 cm³/mol. The number of imide groups is 1. The van der Waals surface area contributed by atoms with Gasteiger partial charge in [0.2, 0.25) is 0 Å². The van der Waals surface area contributed by atoms with E-state index in [0.29, 0.717) is 20.9 Å². The third-order valence-electron chi connectivity index (χ3n) is 3.36. The van der Waals surface area contributed by atoms with Crippen molar-refractivity contribution in [1.29, 1.82) is 0 Å². The molecule has 0 N–H and O–H groups in total. The molecule has 8 heteroatoms. The van der Waals surface area contributed by atoms with Crippen LogP contribution < -0.4 is 4.73 Å². The number of fused-ring (bicyclic) bond motifs is 1. The lowest BCUT2D eigenvalue weighted by Gasteiger charge is -2.13. The number of esters is 1. The van der Waals surface area contributed by atoms with Gasteiger partial charge in [-0.05, 0) is 30.0 Å². The first-order valence-electron chi connectivity index (χ1n) is 7.00. The molecule has 2 aromatic rings. The van der Waals surface area contributed by atoms with Crippen LogP contribution in [0.15, 0.2) is 53.7 Å². The molecular weight excluding hydrogens is 332 g/mol. The van der Waals surface area contributed by atoms with Crippen LogP contribution in [-0.2, 0) is 9.53 Å². The molecule has 0 fully saturated rings. The second-order valence-electron chi connectivity index (χ2n) is 4.88. The highest BCUT2D eigenvalue weighted by Crippen LogP contribution is 2.22. The SMILES string of the molecule is O=C(CSc1cccc[n+]1[O-])OCN1C(=O)c2ccccc2C1=O. The maximum atomic E-state index is 12.1. The van der Waals surface area contributed by atoms with Gasteiger partial charge in [-0.25, -0.2) is 4.90 Å². The summed E-state index contributed by atoms with van der Waals surface area (Å²) in [5.74, 6) is -1.71. The van der Waals surface area contributed by atoms with E-state index in [2.05, 4.69) is 0 Å². The van der Waals surface area contributed by atoms with Crippen LogP contribution in [0.1, 0.15) is 20.7 Å². The van der Waals surface area contributed by atoms with Crippen molar-refractivity contribution in [3.8, 4) is 0 Å². The molecular formula is C16H12N2O5S. The Hall–Kier alpha value is -2.87. The van der Waals surface area contributed by atoms with Crippen molar-refractivity contribution in [2.45, 2.75) is 5.03 Å². The topological polar surface area (TPSA) is 90.6 Å². The first-order valence-corrected chi connectivity index (χ1v) is 7.98. The number of amides is 2. The molecule has 0 unspecified atom stereocenters. The summed E-state index contributed by atoms with van der Waals surface area (Å²) in [5.41, 5.74) is 0.592. The lowest BCUT2D eigenvalue weighted by molar-refractivity contribution is -0.645. The smallest absolute Gasteiger partial charge is 0.318 e. The maximum Gasteiger partial charge on any atom is 0.318 e. The molecule has 0 bridgehead atoms. The quantitative estimate of drug-likeness (QED) is 0.266. The Morgan fingerprint density at radius 2 is 1.71 bits per heavy atom. The summed E-state index contributed by atoms with van der Waals surface area (Å²) < 4.78 is 5.61. The summed E-state index contributed by atoms with van der Waals surface area (Å²) in [4.78, 5) is 36.9. The zero-order valence-corrected chi connectivity index (χ0v) is 13.2. The van der Waals surface area contributed by atoms with E-state index in [1.165, 1.54) is 6.20 Å². The highest BCUT2D eigenvalue weighted by atomic mass is 32.2. The number of carbonyl (C=O) groups excluding carboxylic acids is 3. The second-order valence-corrected chi connectivity index (χ2v) is 5.88. The summed E-state index contributed by atoms with van der Waals surface area (Å²) >= 11 is 1.01. The van der Waals surface area contributed by atoms with Gasteiger partial charge in [-0.1, -0.05) is 12.1 Å². The fourth-order valence-corrected chi connectivity index (χ4v) is 2.90. The number of hydrogen-bond acceptors (Lipinski definition) is 6. The van der Waals surface area contributed by atoms with Gasteiger partial charge in [-0.15, -0.1) is 0 Å². The molecule has 7 nitrogen and oxygen atoms in total. The average molecular weight is 344 g/mol. The fraction of sp³-hybridized carbons (Fsp3) is 0.125. The number of nitrogens with zero attached hydrogens (tertiary/aromatic N) is 2. The van der Waals surface area contributed by atoms with Gasteiger partial charge in [-0.2, -0.15) is 4.73 Å². The summed E-state index contributed by atoms with van der Waals surface area (Å²) in [6.45, 7) is -0.447. The van der Waals surface area contributed by atoms with Crippen LogP contribution >= 0.6 is 11.8 Å². The van der Waals surface area contributed by atoms with E-state index in [4.69, 9.17) is 4.74 Å². The first kappa shape index (κ1) is 16.0. The third-order valence-corrected chi connectivity index (χ3v) is 4.35. The van der Waals surface area contributed by atoms with Gasteiger partial charge < -0.3 is 9.94 Å². The van der Waals surface area contributed by atoms with Crippen LogP contribution in [0.4, 0.5) is 0 Å². The molecule has 0 saturated heterocycles. The number of thioether (sulfide) groups is 1. The van der Waals surface area contributed by atoms with Crippen molar-refractivity contribution in [2.75, 3.05) is 12.5 Å². The number of aromatic nitrogens is 1. The highest BCUT2D eigenvalue weighted by Gasteiger charge is 2.35. The van der Waals surface area contributed by atoms with E-state index in [0.717, 1.165) is 16.7 Å². The van der Waals surface area contributed by atoms with Crippen LogP contribution in [0.3, 0.4) is 0 Å². The molecule has 122 valence electrons. The Labute approximate surface area is 141 Å². The van der Waals surface area contributed by atoms with Crippen molar-refractivity contribution < 1.29 is 23.9 Å². The molecule has 0 atom stereocenters. The molecule has 0 aliphatic carbocycles. The van der Waals surface area contributed by atoms with E-state index in [1.807, 2.05) is 0 Å². The molecule has 1 aliphatic rings. The predicted octanol–water partition coefficient (Wildman–Crippen LogP) is 1.21. The molecule has 0 saturated carbocycles. The second kappa shape index (κ2) is 6.71. The third kappa shape index (κ3) is 3.09. The summed E-state index contributed by atoms with van der Waals surface area (Å²) in [6, 6.07) is 11.3. The standard InChI is InChI=1S/C16H12N2O5S/c19-14(9-24-13-7-3-4-8-18(13)22)23-10-17-15(20)11-5-1-2-6-12(11)16(17)21/h1-8H,9-10H2. The number of ether oxygens (including phenoxy) is 1. The van der Waals surface area contributed by atoms with Gasteiger partial charge in [0.15, 0.2) is 12.9 Å². The zero-order valence-electron chi connectivity index (χ0n) is 12.4. The molecule has 0 radical (unpaired) electrons. The molecule has 2 amide bonds. The molecule has 1 aromatic carbocycles. The van der Waals surface area contributed by atoms with Crippen molar-refractivity contribution >= 4 is 29.5 Å². The van der Waals surface area contributed by atoms with Crippen LogP contribution in [0, 0.1) is 5.21 Å². The number of rotatable bonds is 5. The largest absolute Gasteiger partial charge is 0.618 e. The lowest BCUT2D eigenvalue weighted by atomic mass is 10.1. The van der Waals surface area contributed by atoms with Gasteiger partial charge in [0, 0.05) is 12.1 Å². The minimum Gasteiger partial charge on any atom is -0.618 e. The first-order chi connectivity index (χ1) is 11.6. The average Bonchev–Trinajstić information content (AvgIpc) is 2.84. The zero-order chi connectivity index (χ0) is 17.1. The summed E-state index contributed by atoms with van der Waals surface area (Å²) in [7, 11) is 0. The van der Waals surface area contributed by atoms with Crippen molar-refractivity contribution in [2.24, 2.45) is 0 Å². The van der Waals surface area contributed by atoms with Gasteiger partial charge in [0.1, 0.15) is 5.75 Å². The summed E-state index contributed by atoms with van der Waals surface area (Å²) in [5, 5.41) is 11.8. The van der Waals surface area contributed by atoms with E-state index in [-0.39, 0.29) is 5.75 Å². The minimum atomic E-state index is -0.625. The number of carbonyl (C=O) groups is 3. The highest BCUT2D eigenvalue weighted by molar-refractivity contribution is 7.99. The molecule has 2 heterocycles. The Morgan fingerprint density at radius 3 is 2.33 bits per heavy atom. The van der Waals surface area contributed by atoms with Crippen LogP contribution in [-0.4, -0.2) is 35.2 Å². The molecule has 1 aliphatic heterocycles. The lowest BCUT2D eigenvalue weighted by Crippen LogP contribution is -2.33. The molecule has 0 spiro atoms. The molecule has 1 aromatic heterocycles. The van der Waals surface area contributed by atoms with Gasteiger partial charge in [0.25, 0.3) is 16.8 Å². The minimum absolute atomic E-state index is 0.102. The van der Waals surface area contributed by atoms with E-state index < -0.39 is 24.5 Å². The van der Waals surface area contributed by atoms with Gasteiger partial charge in [0.05, 0.1) is 11.1 Å². The number of pyridine rings is 1. The molecule has 3 rings (SSSR count). The van der Waals surface area contributed by atoms with E-state index in [1.54, 1.807) is 42.5 Å². The van der Waals surface area contributed by atoms with Crippen molar-refractivity contribution in [3.05, 3.63) is 65.0 Å². The van der Waals surface area contributed by atoms with Crippen molar-refractivity contribution in [3.63, 3.8) is 0 Å². The number of benzene rings is 1. The molecule has 24 heavy (non-hydrogen) atoms. The fourth-order valence-electron chi connectivity index (χ4n) is 2.19. The van der Waals surface area contributed by atoms with Crippen LogP contribution in [0.2, 0.25) is 0 Å². The monoisotopic (exact) mass is 344 g/mol. The van der Waals surface area contributed by atoms with Gasteiger partial charge in [-0.3, -0.25) is 14.4 Å². The van der Waals surface area contributed by atoms with Crippen LogP contribution in [0.25, 0.3) is 0 Å². The Kier molecular flexibility index (Phi) is 4.48. The summed E-state index contributed by atoms with van der Waals surface area (Å²) in [6.07, 6.45) is 1.33. The Morgan fingerprint density at radius 1 is 1.08 bits per heavy atom. The number of hydrogen-bond donors (Lipinski definition) is 0. The maximum absolute atomic E-state index is 12.1. The Balaban J connectivity index is 1.55. The van der Waals surface area contributed by atoms with E-state index in [9.17, 15) is 19.6 Å². The van der Waals surface area contributed by atoms with Crippen LogP contribution in [0.5, 0.6) is 0 Å². The van der Waals surface area contributed by atoms with Gasteiger partial charge >= 0.3 is 5.97 Å². The van der Waals surface area contributed by atoms with Crippen molar-refractivity contribution in [1.82, 2.24) is 4.90 Å². The Bertz CT molecular complexity index is 789. The normalized spacial score (nSPS) is 13.1.